The van der Waals surface area contributed by atoms with Gasteiger partial charge in [0.1, 0.15) is 30.9 Å². The van der Waals surface area contributed by atoms with Crippen LogP contribution < -0.4 is 0 Å². The van der Waals surface area contributed by atoms with Crippen LogP contribution in [0.4, 0.5) is 17.6 Å². The molecule has 0 aliphatic rings. The molecule has 0 aliphatic heterocycles. The van der Waals surface area contributed by atoms with Gasteiger partial charge < -0.3 is 9.57 Å². The summed E-state index contributed by atoms with van der Waals surface area (Å²) in [6.07, 6.45) is -8.04. The lowest BCUT2D eigenvalue weighted by Crippen LogP contribution is -2.29. The fourth-order valence-corrected chi connectivity index (χ4v) is 4.60. The third-order valence-corrected chi connectivity index (χ3v) is 6.72. The molecular formula is C20H16Cl3F4NO6S. The molecule has 15 heteroatoms. The van der Waals surface area contributed by atoms with Crippen LogP contribution in [-0.4, -0.2) is 46.6 Å². The Hall–Kier alpha value is -2.12. The van der Waals surface area contributed by atoms with Crippen LogP contribution in [0.1, 0.15) is 22.3 Å². The number of halogens is 7. The number of hydrogen-bond acceptors (Lipinski definition) is 7. The Morgan fingerprint density at radius 2 is 1.69 bits per heavy atom. The topological polar surface area (TPSA) is 91.3 Å². The molecule has 35 heavy (non-hydrogen) atoms. The van der Waals surface area contributed by atoms with Crippen LogP contribution in [0, 0.1) is 0 Å². The van der Waals surface area contributed by atoms with E-state index in [1.165, 1.54) is 0 Å². The fraction of sp³-hybridized carbons (Fsp3) is 0.300. The van der Waals surface area contributed by atoms with Crippen LogP contribution in [0.25, 0.3) is 0 Å². The minimum atomic E-state index is -4.66. The third-order valence-electron chi connectivity index (χ3n) is 4.17. The minimum Gasteiger partial charge on any atom is -0.459 e. The van der Waals surface area contributed by atoms with Crippen molar-refractivity contribution in [1.82, 2.24) is 0 Å². The zero-order valence-corrected chi connectivity index (χ0v) is 20.6. The van der Waals surface area contributed by atoms with Gasteiger partial charge in [-0.3, -0.25) is 4.18 Å². The second-order valence-corrected chi connectivity index (χ2v) is 9.49. The van der Waals surface area contributed by atoms with E-state index in [0.29, 0.717) is 18.3 Å². The summed E-state index contributed by atoms with van der Waals surface area (Å²) < 4.78 is 87.7. The van der Waals surface area contributed by atoms with Gasteiger partial charge in [-0.25, -0.2) is 9.18 Å². The van der Waals surface area contributed by atoms with E-state index >= 15 is 0 Å². The summed E-state index contributed by atoms with van der Waals surface area (Å²) in [6, 6.07) is 5.06. The molecule has 2 unspecified atom stereocenters. The fourth-order valence-electron chi connectivity index (χ4n) is 2.55. The Labute approximate surface area is 212 Å². The number of alkyl halides is 4. The van der Waals surface area contributed by atoms with Crippen molar-refractivity contribution in [3.8, 4) is 0 Å². The normalized spacial score (nSPS) is 14.1. The molecule has 0 heterocycles. The average molecular weight is 581 g/mol. The number of carbonyl (C=O) groups excluding carboxylic acids is 1. The van der Waals surface area contributed by atoms with E-state index in [0.717, 1.165) is 31.4 Å². The van der Waals surface area contributed by atoms with Crippen molar-refractivity contribution >= 4 is 57.1 Å². The lowest BCUT2D eigenvalue weighted by atomic mass is 10.1. The molecule has 192 valence electrons. The molecule has 2 aromatic rings. The number of hydrogen-bond donors (Lipinski definition) is 0. The SMILES string of the molecule is CO/N=C/C(F)CC(COC(=O)c1ccc(C(F)(F)F)cc1)OS(=O)(=O)c1cc(Cl)c(Cl)cc1Cl. The van der Waals surface area contributed by atoms with Gasteiger partial charge in [-0.1, -0.05) is 40.0 Å². The van der Waals surface area contributed by atoms with Gasteiger partial charge in [0.25, 0.3) is 10.1 Å². The van der Waals surface area contributed by atoms with E-state index in [2.05, 4.69) is 9.99 Å². The zero-order chi connectivity index (χ0) is 26.4. The largest absolute Gasteiger partial charge is 0.459 e. The van der Waals surface area contributed by atoms with Crippen molar-refractivity contribution in [2.75, 3.05) is 13.7 Å². The monoisotopic (exact) mass is 579 g/mol. The summed E-state index contributed by atoms with van der Waals surface area (Å²) in [5.41, 5.74) is -1.25. The molecule has 0 radical (unpaired) electrons. The van der Waals surface area contributed by atoms with Crippen LogP contribution >= 0.6 is 34.8 Å². The van der Waals surface area contributed by atoms with Gasteiger partial charge in [0, 0.05) is 6.42 Å². The number of oxime groups is 1. The van der Waals surface area contributed by atoms with Crippen LogP contribution in [0.2, 0.25) is 15.1 Å². The molecule has 0 saturated carbocycles. The molecule has 0 amide bonds. The highest BCUT2D eigenvalue weighted by molar-refractivity contribution is 7.87. The number of benzene rings is 2. The van der Waals surface area contributed by atoms with E-state index in [-0.39, 0.29) is 20.6 Å². The van der Waals surface area contributed by atoms with Gasteiger partial charge in [-0.2, -0.15) is 21.6 Å². The van der Waals surface area contributed by atoms with E-state index in [4.69, 9.17) is 43.7 Å². The van der Waals surface area contributed by atoms with Gasteiger partial charge in [-0.05, 0) is 36.4 Å². The quantitative estimate of drug-likeness (QED) is 0.0861. The summed E-state index contributed by atoms with van der Waals surface area (Å²) in [7, 11) is -3.51. The number of ether oxygens (including phenoxy) is 1. The highest BCUT2D eigenvalue weighted by Gasteiger charge is 2.31. The Kier molecular flexibility index (Phi) is 10.2. The van der Waals surface area contributed by atoms with Gasteiger partial charge in [0.05, 0.1) is 32.4 Å². The summed E-state index contributed by atoms with van der Waals surface area (Å²) in [4.78, 5) is 16.0. The van der Waals surface area contributed by atoms with Crippen molar-refractivity contribution in [2.24, 2.45) is 5.16 Å². The number of nitrogens with zero attached hydrogens (tertiary/aromatic N) is 1. The van der Waals surface area contributed by atoms with Crippen LogP contribution in [0.3, 0.4) is 0 Å². The highest BCUT2D eigenvalue weighted by atomic mass is 35.5. The molecule has 0 spiro atoms. The first-order valence-corrected chi connectivity index (χ1v) is 11.9. The predicted molar refractivity (Wildman–Crippen MR) is 120 cm³/mol. The Morgan fingerprint density at radius 3 is 2.26 bits per heavy atom. The first-order valence-electron chi connectivity index (χ1n) is 9.37. The van der Waals surface area contributed by atoms with Crippen molar-refractivity contribution in [2.45, 2.75) is 29.8 Å². The van der Waals surface area contributed by atoms with Gasteiger partial charge in [-0.15, -0.1) is 0 Å². The first-order chi connectivity index (χ1) is 16.2. The molecule has 0 aromatic heterocycles. The smallest absolute Gasteiger partial charge is 0.416 e. The molecule has 0 saturated heterocycles. The third kappa shape index (κ3) is 8.50. The lowest BCUT2D eigenvalue weighted by molar-refractivity contribution is -0.137. The van der Waals surface area contributed by atoms with Crippen molar-refractivity contribution in [3.05, 3.63) is 62.6 Å². The van der Waals surface area contributed by atoms with E-state index in [1.54, 1.807) is 0 Å². The summed E-state index contributed by atoms with van der Waals surface area (Å²) in [5, 5.41) is 2.71. The van der Waals surface area contributed by atoms with Crippen molar-refractivity contribution in [3.63, 3.8) is 0 Å². The highest BCUT2D eigenvalue weighted by Crippen LogP contribution is 2.33. The van der Waals surface area contributed by atoms with Crippen molar-refractivity contribution in [1.29, 1.82) is 0 Å². The molecule has 0 fully saturated rings. The molecule has 2 atom stereocenters. The maximum absolute atomic E-state index is 14.2. The second-order valence-electron chi connectivity index (χ2n) is 6.73. The molecule has 0 aliphatic carbocycles. The number of carbonyl (C=O) groups is 1. The molecule has 2 aromatic carbocycles. The lowest BCUT2D eigenvalue weighted by Gasteiger charge is -2.19. The predicted octanol–water partition coefficient (Wildman–Crippen LogP) is 5.96. The van der Waals surface area contributed by atoms with Gasteiger partial charge in [0.15, 0.2) is 0 Å². The van der Waals surface area contributed by atoms with Crippen molar-refractivity contribution < 1.29 is 44.5 Å². The number of rotatable bonds is 10. The van der Waals surface area contributed by atoms with Gasteiger partial charge >= 0.3 is 12.1 Å². The molecule has 2 rings (SSSR count). The van der Waals surface area contributed by atoms with E-state index < -0.39 is 58.0 Å². The Bertz CT molecular complexity index is 1180. The molecule has 7 nitrogen and oxygen atoms in total. The minimum absolute atomic E-state index is 0.0303. The maximum atomic E-state index is 14.2. The zero-order valence-electron chi connectivity index (χ0n) is 17.6. The van der Waals surface area contributed by atoms with Crippen LogP contribution in [0.5, 0.6) is 0 Å². The second kappa shape index (κ2) is 12.2. The van der Waals surface area contributed by atoms with Gasteiger partial charge in [0.2, 0.25) is 0 Å². The Balaban J connectivity index is 2.22. The molecule has 0 N–H and O–H groups in total. The Morgan fingerprint density at radius 1 is 1.09 bits per heavy atom. The maximum Gasteiger partial charge on any atom is 0.416 e. The summed E-state index contributed by atoms with van der Waals surface area (Å²) in [5.74, 6) is -1.10. The van der Waals surface area contributed by atoms with E-state index in [1.807, 2.05) is 0 Å². The summed E-state index contributed by atoms with van der Waals surface area (Å²) in [6.45, 7) is -0.792. The van der Waals surface area contributed by atoms with Crippen LogP contribution in [0.15, 0.2) is 46.4 Å². The number of esters is 1. The van der Waals surface area contributed by atoms with Crippen LogP contribution in [-0.2, 0) is 30.1 Å². The summed E-state index contributed by atoms with van der Waals surface area (Å²) >= 11 is 17.5. The standard InChI is InChI=1S/C20H16Cl3F4NO6S/c1-32-28-9-13(24)6-14(34-35(30,31)18-8-16(22)15(21)7-17(18)23)10-33-19(29)11-2-4-12(5-3-11)20(25,26)27/h2-5,7-9,13-14H,6,10H2,1H3/b28-9+. The average Bonchev–Trinajstić information content (AvgIpc) is 2.77. The first kappa shape index (κ1) is 29.1. The van der Waals surface area contributed by atoms with E-state index in [9.17, 15) is 30.8 Å². The molecular weight excluding hydrogens is 565 g/mol. The molecule has 0 bridgehead atoms.